The fraction of sp³-hybridized carbons (Fsp3) is 0.739. The summed E-state index contributed by atoms with van der Waals surface area (Å²) < 4.78 is 10.7. The van der Waals surface area contributed by atoms with Gasteiger partial charge in [0.05, 0.1) is 6.61 Å². The van der Waals surface area contributed by atoms with Crippen LogP contribution < -0.4 is 0 Å². The van der Waals surface area contributed by atoms with Gasteiger partial charge in [-0.25, -0.2) is 0 Å². The highest BCUT2D eigenvalue weighted by Crippen LogP contribution is 2.15. The first kappa shape index (κ1) is 25.2. The Kier molecular flexibility index (Phi) is 14.3. The van der Waals surface area contributed by atoms with Crippen molar-refractivity contribution in [3.63, 3.8) is 0 Å². The van der Waals surface area contributed by atoms with Crippen LogP contribution in [-0.2, 0) is 19.1 Å². The lowest BCUT2D eigenvalue weighted by atomic mass is 9.99. The molecule has 0 rings (SSSR count). The molecule has 0 aromatic heterocycles. The number of rotatable bonds is 13. The van der Waals surface area contributed by atoms with Crippen LogP contribution in [0.15, 0.2) is 12.2 Å². The summed E-state index contributed by atoms with van der Waals surface area (Å²) in [6, 6.07) is 0. The largest absolute Gasteiger partial charge is 0.466 e. The van der Waals surface area contributed by atoms with Crippen molar-refractivity contribution >= 4 is 11.9 Å². The average molecular weight is 379 g/mol. The zero-order chi connectivity index (χ0) is 20.7. The maximum absolute atomic E-state index is 12.1. The molecule has 0 aromatic rings. The molecule has 2 unspecified atom stereocenters. The van der Waals surface area contributed by atoms with Crippen LogP contribution in [0.2, 0.25) is 0 Å². The number of ether oxygens (including phenoxy) is 2. The third-order valence-corrected chi connectivity index (χ3v) is 4.15. The van der Waals surface area contributed by atoms with Crippen LogP contribution >= 0.6 is 0 Å². The molecule has 0 amide bonds. The Hall–Kier alpha value is -1.76. The zero-order valence-corrected chi connectivity index (χ0v) is 17.9. The number of carbonyl (C=O) groups excluding carboxylic acids is 2. The Balaban J connectivity index is 4.12. The molecule has 0 radical (unpaired) electrons. The lowest BCUT2D eigenvalue weighted by molar-refractivity contribution is -0.149. The maximum Gasteiger partial charge on any atom is 0.307 e. The van der Waals surface area contributed by atoms with Gasteiger partial charge in [-0.2, -0.15) is 0 Å². The topological polar surface area (TPSA) is 52.6 Å². The van der Waals surface area contributed by atoms with Gasteiger partial charge in [0.15, 0.2) is 6.10 Å². The first-order valence-electron chi connectivity index (χ1n) is 10.3. The first-order chi connectivity index (χ1) is 12.8. The second-order valence-electron chi connectivity index (χ2n) is 7.69. The van der Waals surface area contributed by atoms with Gasteiger partial charge in [-0.1, -0.05) is 52.5 Å². The van der Waals surface area contributed by atoms with E-state index in [2.05, 4.69) is 39.2 Å². The van der Waals surface area contributed by atoms with Gasteiger partial charge in [-0.05, 0) is 50.5 Å². The molecule has 0 aliphatic rings. The predicted molar refractivity (Wildman–Crippen MR) is 110 cm³/mol. The van der Waals surface area contributed by atoms with Gasteiger partial charge in [0.25, 0.3) is 0 Å². The highest BCUT2D eigenvalue weighted by Gasteiger charge is 2.19. The predicted octanol–water partition coefficient (Wildman–Crippen LogP) is 5.45. The van der Waals surface area contributed by atoms with Gasteiger partial charge in [0, 0.05) is 18.8 Å². The monoisotopic (exact) mass is 378 g/mol. The van der Waals surface area contributed by atoms with Gasteiger partial charge >= 0.3 is 11.9 Å². The third kappa shape index (κ3) is 15.0. The van der Waals surface area contributed by atoms with Crippen molar-refractivity contribution in [2.75, 3.05) is 6.61 Å². The molecule has 0 heterocycles. The maximum atomic E-state index is 12.1. The van der Waals surface area contributed by atoms with Crippen LogP contribution in [0.25, 0.3) is 0 Å². The second kappa shape index (κ2) is 15.3. The number of esters is 2. The Morgan fingerprint density at radius 3 is 2.19 bits per heavy atom. The number of allylic oxidation sites excluding steroid dienone is 1. The van der Waals surface area contributed by atoms with Crippen LogP contribution in [0.1, 0.15) is 86.0 Å². The van der Waals surface area contributed by atoms with Crippen molar-refractivity contribution in [3.05, 3.63) is 12.2 Å². The van der Waals surface area contributed by atoms with E-state index in [1.54, 1.807) is 0 Å². The second-order valence-corrected chi connectivity index (χ2v) is 7.69. The minimum absolute atomic E-state index is 0.186. The lowest BCUT2D eigenvalue weighted by Gasteiger charge is -2.19. The molecule has 154 valence electrons. The molecule has 27 heavy (non-hydrogen) atoms. The number of carbonyl (C=O) groups is 2. The Morgan fingerprint density at radius 2 is 1.63 bits per heavy atom. The van der Waals surface area contributed by atoms with E-state index in [-0.39, 0.29) is 17.9 Å². The molecule has 0 fully saturated rings. The molecule has 0 saturated heterocycles. The SMILES string of the molecule is C=C(C)C#CC(OC(=O)CCCCC(=O)OCCCC(C)C)C(C)CCC. The summed E-state index contributed by atoms with van der Waals surface area (Å²) in [6.45, 7) is 14.5. The van der Waals surface area contributed by atoms with E-state index in [1.807, 2.05) is 13.8 Å². The molecule has 2 atom stereocenters. The summed E-state index contributed by atoms with van der Waals surface area (Å²) in [5, 5.41) is 0. The highest BCUT2D eigenvalue weighted by molar-refractivity contribution is 5.71. The molecule has 4 heteroatoms. The normalized spacial score (nSPS) is 12.7. The lowest BCUT2D eigenvalue weighted by Crippen LogP contribution is -2.24. The minimum Gasteiger partial charge on any atom is -0.466 e. The molecule has 0 aliphatic carbocycles. The van der Waals surface area contributed by atoms with E-state index in [0.717, 1.165) is 31.3 Å². The summed E-state index contributed by atoms with van der Waals surface area (Å²) in [6.07, 6.45) is 5.41. The molecule has 4 nitrogen and oxygen atoms in total. The van der Waals surface area contributed by atoms with Crippen LogP contribution in [0.5, 0.6) is 0 Å². The van der Waals surface area contributed by atoms with Crippen LogP contribution in [0, 0.1) is 23.7 Å². The molecular formula is C23H38O4. The number of hydrogen-bond acceptors (Lipinski definition) is 4. The third-order valence-electron chi connectivity index (χ3n) is 4.15. The Morgan fingerprint density at radius 1 is 1.00 bits per heavy atom. The standard InChI is InChI=1S/C23H38O4/c1-7-11-20(6)21(16-15-19(4)5)27-23(25)14-9-8-13-22(24)26-17-10-12-18(2)3/h18,20-21H,4,7-14,17H2,1-3,5-6H3. The van der Waals surface area contributed by atoms with Crippen molar-refractivity contribution in [1.29, 1.82) is 0 Å². The van der Waals surface area contributed by atoms with E-state index in [4.69, 9.17) is 9.47 Å². The van der Waals surface area contributed by atoms with Crippen LogP contribution in [-0.4, -0.2) is 24.6 Å². The molecule has 0 bridgehead atoms. The van der Waals surface area contributed by atoms with E-state index < -0.39 is 6.10 Å². The van der Waals surface area contributed by atoms with Gasteiger partial charge < -0.3 is 9.47 Å². The minimum atomic E-state index is -0.403. The Labute approximate surface area is 166 Å². The van der Waals surface area contributed by atoms with Gasteiger partial charge in [-0.3, -0.25) is 9.59 Å². The summed E-state index contributed by atoms with van der Waals surface area (Å²) in [5.74, 6) is 6.30. The highest BCUT2D eigenvalue weighted by atomic mass is 16.5. The van der Waals surface area contributed by atoms with Crippen molar-refractivity contribution in [2.24, 2.45) is 11.8 Å². The average Bonchev–Trinajstić information content (AvgIpc) is 2.59. The smallest absolute Gasteiger partial charge is 0.307 e. The Bertz CT molecular complexity index is 510. The molecular weight excluding hydrogens is 340 g/mol. The zero-order valence-electron chi connectivity index (χ0n) is 17.9. The summed E-state index contributed by atoms with van der Waals surface area (Å²) in [7, 11) is 0. The van der Waals surface area contributed by atoms with E-state index >= 15 is 0 Å². The number of unbranched alkanes of at least 4 members (excludes halogenated alkanes) is 1. The molecule has 0 spiro atoms. The first-order valence-corrected chi connectivity index (χ1v) is 10.3. The van der Waals surface area contributed by atoms with Crippen LogP contribution in [0.4, 0.5) is 0 Å². The summed E-state index contributed by atoms with van der Waals surface area (Å²) in [4.78, 5) is 23.8. The van der Waals surface area contributed by atoms with Crippen LogP contribution in [0.3, 0.4) is 0 Å². The molecule has 0 saturated carbocycles. The van der Waals surface area contributed by atoms with Crippen molar-refractivity contribution in [2.45, 2.75) is 92.1 Å². The van der Waals surface area contributed by atoms with Gasteiger partial charge in [0.2, 0.25) is 0 Å². The summed E-state index contributed by atoms with van der Waals surface area (Å²) >= 11 is 0. The molecule has 0 aliphatic heterocycles. The summed E-state index contributed by atoms with van der Waals surface area (Å²) in [5.41, 5.74) is 0.756. The van der Waals surface area contributed by atoms with E-state index in [1.165, 1.54) is 0 Å². The fourth-order valence-electron chi connectivity index (χ4n) is 2.58. The van der Waals surface area contributed by atoms with Crippen molar-refractivity contribution < 1.29 is 19.1 Å². The molecule has 0 N–H and O–H groups in total. The van der Waals surface area contributed by atoms with Gasteiger partial charge in [-0.15, -0.1) is 0 Å². The van der Waals surface area contributed by atoms with Gasteiger partial charge in [0.1, 0.15) is 0 Å². The number of hydrogen-bond donors (Lipinski definition) is 0. The fourth-order valence-corrected chi connectivity index (χ4v) is 2.58. The van der Waals surface area contributed by atoms with E-state index in [0.29, 0.717) is 38.2 Å². The van der Waals surface area contributed by atoms with Crippen molar-refractivity contribution in [3.8, 4) is 11.8 Å². The van der Waals surface area contributed by atoms with E-state index in [9.17, 15) is 9.59 Å². The van der Waals surface area contributed by atoms with Crippen molar-refractivity contribution in [1.82, 2.24) is 0 Å². The quantitative estimate of drug-likeness (QED) is 0.243. The molecule has 0 aromatic carbocycles.